The Labute approximate surface area is 160 Å². The van der Waals surface area contributed by atoms with Crippen LogP contribution in [-0.2, 0) is 11.3 Å². The molecule has 7 heteroatoms. The fourth-order valence-electron chi connectivity index (χ4n) is 1.75. The van der Waals surface area contributed by atoms with Crippen LogP contribution in [0.4, 0.5) is 0 Å². The van der Waals surface area contributed by atoms with E-state index < -0.39 is 0 Å². The lowest BCUT2D eigenvalue weighted by Gasteiger charge is -2.14. The minimum absolute atomic E-state index is 0. The van der Waals surface area contributed by atoms with E-state index in [1.807, 2.05) is 38.1 Å². The second kappa shape index (κ2) is 12.4. The highest BCUT2D eigenvalue weighted by atomic mass is 127. The van der Waals surface area contributed by atoms with Gasteiger partial charge in [-0.1, -0.05) is 30.7 Å². The van der Waals surface area contributed by atoms with Crippen molar-refractivity contribution in [3.8, 4) is 0 Å². The number of halogens is 2. The molecule has 0 fully saturated rings. The van der Waals surface area contributed by atoms with Gasteiger partial charge < -0.3 is 16.0 Å². The van der Waals surface area contributed by atoms with Gasteiger partial charge in [0.2, 0.25) is 5.91 Å². The van der Waals surface area contributed by atoms with Gasteiger partial charge in [-0.15, -0.1) is 24.0 Å². The second-order valence-corrected chi connectivity index (χ2v) is 5.54. The first kappa shape index (κ1) is 22.0. The molecule has 0 aliphatic rings. The van der Waals surface area contributed by atoms with Gasteiger partial charge in [-0.25, -0.2) is 0 Å². The smallest absolute Gasteiger partial charge is 0.221 e. The molecule has 0 saturated carbocycles. The molecule has 1 atom stereocenters. The van der Waals surface area contributed by atoms with E-state index >= 15 is 0 Å². The molecule has 0 saturated heterocycles. The van der Waals surface area contributed by atoms with Gasteiger partial charge in [-0.05, 0) is 31.0 Å². The lowest BCUT2D eigenvalue weighted by Crippen LogP contribution is -2.40. The summed E-state index contributed by atoms with van der Waals surface area (Å²) in [7, 11) is 1.70. The molecule has 0 radical (unpaired) electrons. The van der Waals surface area contributed by atoms with E-state index in [9.17, 15) is 4.79 Å². The molecule has 1 rings (SSSR count). The Bertz CT molecular complexity index is 493. The topological polar surface area (TPSA) is 65.5 Å². The van der Waals surface area contributed by atoms with Gasteiger partial charge in [0.25, 0.3) is 0 Å². The Morgan fingerprint density at radius 1 is 1.26 bits per heavy atom. The van der Waals surface area contributed by atoms with Crippen molar-refractivity contribution in [2.24, 2.45) is 4.99 Å². The second-order valence-electron chi connectivity index (χ2n) is 5.11. The van der Waals surface area contributed by atoms with E-state index in [-0.39, 0.29) is 35.9 Å². The average Bonchev–Trinajstić information content (AvgIpc) is 2.52. The third-order valence-corrected chi connectivity index (χ3v) is 3.51. The van der Waals surface area contributed by atoms with E-state index in [0.29, 0.717) is 25.5 Å². The maximum absolute atomic E-state index is 11.7. The molecular weight excluding hydrogens is 427 g/mol. The summed E-state index contributed by atoms with van der Waals surface area (Å²) < 4.78 is 0. The molecule has 0 heterocycles. The van der Waals surface area contributed by atoms with E-state index in [0.717, 1.165) is 17.0 Å². The lowest BCUT2D eigenvalue weighted by atomic mass is 10.2. The molecule has 130 valence electrons. The normalized spacial score (nSPS) is 12.1. The number of carbonyl (C=O) groups is 1. The quantitative estimate of drug-likeness (QED) is 0.339. The molecule has 0 bridgehead atoms. The zero-order chi connectivity index (χ0) is 16.4. The number of hydrogen-bond acceptors (Lipinski definition) is 2. The molecule has 3 N–H and O–H groups in total. The molecule has 1 unspecified atom stereocenters. The van der Waals surface area contributed by atoms with Crippen molar-refractivity contribution in [2.45, 2.75) is 39.3 Å². The minimum atomic E-state index is 0. The van der Waals surface area contributed by atoms with Crippen LogP contribution >= 0.6 is 35.6 Å². The summed E-state index contributed by atoms with van der Waals surface area (Å²) in [6, 6.07) is 7.85. The third-order valence-electron chi connectivity index (χ3n) is 3.26. The Hall–Kier alpha value is -1.02. The van der Waals surface area contributed by atoms with Gasteiger partial charge in [0, 0.05) is 37.6 Å². The maximum atomic E-state index is 11.7. The molecule has 5 nitrogen and oxygen atoms in total. The largest absolute Gasteiger partial charge is 0.356 e. The molecule has 1 aromatic carbocycles. The van der Waals surface area contributed by atoms with E-state index in [4.69, 9.17) is 11.6 Å². The zero-order valence-corrected chi connectivity index (χ0v) is 16.9. The van der Waals surface area contributed by atoms with Gasteiger partial charge in [-0.3, -0.25) is 9.79 Å². The predicted molar refractivity (Wildman–Crippen MR) is 108 cm³/mol. The standard InChI is InChI=1S/C16H25ClN4O.HI/c1-4-12(2)21-15(22)9-10-19-16(18-3)20-11-13-5-7-14(17)8-6-13;/h5-8,12H,4,9-11H2,1-3H3,(H,21,22)(H2,18,19,20);1H. The molecule has 23 heavy (non-hydrogen) atoms. The summed E-state index contributed by atoms with van der Waals surface area (Å²) in [5.41, 5.74) is 1.11. The van der Waals surface area contributed by atoms with Crippen molar-refractivity contribution in [3.05, 3.63) is 34.9 Å². The maximum Gasteiger partial charge on any atom is 0.221 e. The molecule has 0 aliphatic carbocycles. The summed E-state index contributed by atoms with van der Waals surface area (Å²) in [6.45, 7) is 5.24. The third kappa shape index (κ3) is 9.65. The Morgan fingerprint density at radius 2 is 1.91 bits per heavy atom. The Kier molecular flexibility index (Phi) is 11.9. The van der Waals surface area contributed by atoms with Crippen molar-refractivity contribution < 1.29 is 4.79 Å². The number of benzene rings is 1. The van der Waals surface area contributed by atoms with Crippen LogP contribution in [0.5, 0.6) is 0 Å². The summed E-state index contributed by atoms with van der Waals surface area (Å²) in [5.74, 6) is 0.723. The van der Waals surface area contributed by atoms with Crippen LogP contribution in [-0.4, -0.2) is 31.5 Å². The SMILES string of the molecule is CCC(C)NC(=O)CCNC(=NC)NCc1ccc(Cl)cc1.I. The van der Waals surface area contributed by atoms with Crippen molar-refractivity contribution in [3.63, 3.8) is 0 Å². The number of nitrogens with one attached hydrogen (secondary N) is 3. The molecule has 1 amide bonds. The number of carbonyl (C=O) groups excluding carboxylic acids is 1. The highest BCUT2D eigenvalue weighted by Gasteiger charge is 2.05. The van der Waals surface area contributed by atoms with Crippen LogP contribution < -0.4 is 16.0 Å². The number of guanidine groups is 1. The van der Waals surface area contributed by atoms with Gasteiger partial charge in [0.15, 0.2) is 5.96 Å². The fraction of sp³-hybridized carbons (Fsp3) is 0.500. The first-order valence-electron chi connectivity index (χ1n) is 7.53. The molecule has 0 aromatic heterocycles. The first-order valence-corrected chi connectivity index (χ1v) is 7.91. The van der Waals surface area contributed by atoms with E-state index in [2.05, 4.69) is 20.9 Å². The van der Waals surface area contributed by atoms with Crippen LogP contribution in [0.25, 0.3) is 0 Å². The number of aliphatic imine (C=N–C) groups is 1. The van der Waals surface area contributed by atoms with Crippen LogP contribution in [0.2, 0.25) is 5.02 Å². The number of rotatable bonds is 7. The van der Waals surface area contributed by atoms with Gasteiger partial charge in [-0.2, -0.15) is 0 Å². The van der Waals surface area contributed by atoms with Gasteiger partial charge >= 0.3 is 0 Å². The number of nitrogens with zero attached hydrogens (tertiary/aromatic N) is 1. The van der Waals surface area contributed by atoms with Crippen LogP contribution in [0.3, 0.4) is 0 Å². The van der Waals surface area contributed by atoms with Crippen LogP contribution in [0.1, 0.15) is 32.3 Å². The fourth-order valence-corrected chi connectivity index (χ4v) is 1.88. The Balaban J connectivity index is 0.00000484. The predicted octanol–water partition coefficient (Wildman–Crippen LogP) is 2.93. The van der Waals surface area contributed by atoms with Gasteiger partial charge in [0.05, 0.1) is 0 Å². The summed E-state index contributed by atoms with van der Waals surface area (Å²) in [5, 5.41) is 9.97. The first-order chi connectivity index (χ1) is 10.5. The van der Waals surface area contributed by atoms with Gasteiger partial charge in [0.1, 0.15) is 0 Å². The average molecular weight is 453 g/mol. The molecular formula is C16H26ClIN4O. The number of hydrogen-bond donors (Lipinski definition) is 3. The van der Waals surface area contributed by atoms with Crippen molar-refractivity contribution in [1.82, 2.24) is 16.0 Å². The highest BCUT2D eigenvalue weighted by Crippen LogP contribution is 2.08. The van der Waals surface area contributed by atoms with Crippen molar-refractivity contribution in [2.75, 3.05) is 13.6 Å². The molecule has 0 aliphatic heterocycles. The van der Waals surface area contributed by atoms with E-state index in [1.165, 1.54) is 0 Å². The summed E-state index contributed by atoms with van der Waals surface area (Å²) in [4.78, 5) is 15.8. The van der Waals surface area contributed by atoms with Crippen LogP contribution in [0, 0.1) is 0 Å². The minimum Gasteiger partial charge on any atom is -0.356 e. The number of amides is 1. The lowest BCUT2D eigenvalue weighted by molar-refractivity contribution is -0.121. The molecule has 1 aromatic rings. The van der Waals surface area contributed by atoms with Crippen molar-refractivity contribution >= 4 is 47.4 Å². The Morgan fingerprint density at radius 3 is 2.48 bits per heavy atom. The van der Waals surface area contributed by atoms with Crippen LogP contribution in [0.15, 0.2) is 29.3 Å². The van der Waals surface area contributed by atoms with E-state index in [1.54, 1.807) is 7.05 Å². The van der Waals surface area contributed by atoms with Crippen molar-refractivity contribution in [1.29, 1.82) is 0 Å². The summed E-state index contributed by atoms with van der Waals surface area (Å²) >= 11 is 5.85. The zero-order valence-electron chi connectivity index (χ0n) is 13.9. The molecule has 0 spiro atoms. The summed E-state index contributed by atoms with van der Waals surface area (Å²) in [6.07, 6.45) is 1.36. The highest BCUT2D eigenvalue weighted by molar-refractivity contribution is 14.0. The monoisotopic (exact) mass is 452 g/mol.